The fourth-order valence-electron chi connectivity index (χ4n) is 3.83. The number of aliphatic carboxylic acids is 1. The van der Waals surface area contributed by atoms with Crippen LogP contribution >= 0.6 is 0 Å². The first-order valence-corrected chi connectivity index (χ1v) is 11.2. The number of aromatic hydroxyl groups is 3. The molecule has 202 valence electrons. The molecule has 12 heteroatoms. The number of hydrogen-bond acceptors (Lipinski definition) is 11. The molecule has 0 aromatic heterocycles. The van der Waals surface area contributed by atoms with Crippen LogP contribution in [0.5, 0.6) is 23.0 Å². The number of carboxylic acid groups (broad SMARTS) is 1. The van der Waals surface area contributed by atoms with E-state index in [2.05, 4.69) is 0 Å². The zero-order chi connectivity index (χ0) is 28.0. The van der Waals surface area contributed by atoms with Crippen LogP contribution in [0.25, 0.3) is 12.2 Å². The zero-order valence-corrected chi connectivity index (χ0v) is 20.1. The van der Waals surface area contributed by atoms with E-state index in [-0.39, 0.29) is 17.2 Å². The maximum atomic E-state index is 12.5. The quantitative estimate of drug-likeness (QED) is 0.163. The van der Waals surface area contributed by atoms with E-state index < -0.39 is 60.4 Å². The number of methoxy groups -OCH3 is 1. The van der Waals surface area contributed by atoms with Crippen molar-refractivity contribution in [2.24, 2.45) is 0 Å². The molecule has 1 aliphatic rings. The minimum absolute atomic E-state index is 0.166. The van der Waals surface area contributed by atoms with Crippen molar-refractivity contribution < 1.29 is 59.2 Å². The van der Waals surface area contributed by atoms with Crippen LogP contribution in [-0.2, 0) is 23.9 Å². The van der Waals surface area contributed by atoms with Crippen molar-refractivity contribution in [3.63, 3.8) is 0 Å². The lowest BCUT2D eigenvalue weighted by atomic mass is 9.79. The number of phenolic OH excluding ortho intramolecular Hbond substituents is 3. The number of carbonyl (C=O) groups excluding carboxylic acids is 2. The normalized spacial score (nSPS) is 23.3. The predicted octanol–water partition coefficient (Wildman–Crippen LogP) is 1.33. The summed E-state index contributed by atoms with van der Waals surface area (Å²) in [5, 5.41) is 59.1. The molecular formula is C26H26O12. The lowest BCUT2D eigenvalue weighted by Gasteiger charge is -2.40. The highest BCUT2D eigenvalue weighted by Gasteiger charge is 2.52. The fraction of sp³-hybridized carbons (Fsp3) is 0.269. The smallest absolute Gasteiger partial charge is 0.335 e. The van der Waals surface area contributed by atoms with Crippen LogP contribution in [0, 0.1) is 0 Å². The van der Waals surface area contributed by atoms with Crippen molar-refractivity contribution in [3.8, 4) is 23.0 Å². The topological polar surface area (TPSA) is 200 Å². The Morgan fingerprint density at radius 1 is 0.868 bits per heavy atom. The number of aliphatic hydroxyl groups excluding tert-OH is 1. The molecule has 0 saturated heterocycles. The van der Waals surface area contributed by atoms with Crippen LogP contribution in [0.3, 0.4) is 0 Å². The highest BCUT2D eigenvalue weighted by molar-refractivity contribution is 5.88. The Kier molecular flexibility index (Phi) is 8.61. The Hall–Kier alpha value is -4.55. The predicted molar refractivity (Wildman–Crippen MR) is 130 cm³/mol. The molecule has 0 bridgehead atoms. The summed E-state index contributed by atoms with van der Waals surface area (Å²) in [6.45, 7) is 0. The van der Waals surface area contributed by atoms with Gasteiger partial charge in [-0.15, -0.1) is 0 Å². The summed E-state index contributed by atoms with van der Waals surface area (Å²) < 4.78 is 15.4. The van der Waals surface area contributed by atoms with Gasteiger partial charge in [0.15, 0.2) is 34.7 Å². The highest BCUT2D eigenvalue weighted by Crippen LogP contribution is 2.33. The van der Waals surface area contributed by atoms with Crippen molar-refractivity contribution in [3.05, 3.63) is 59.7 Å². The van der Waals surface area contributed by atoms with Gasteiger partial charge in [-0.3, -0.25) is 0 Å². The van der Waals surface area contributed by atoms with E-state index in [0.29, 0.717) is 11.1 Å². The summed E-state index contributed by atoms with van der Waals surface area (Å²) >= 11 is 0. The first kappa shape index (κ1) is 28.0. The zero-order valence-electron chi connectivity index (χ0n) is 20.1. The highest BCUT2D eigenvalue weighted by atomic mass is 16.6. The number of carboxylic acids is 1. The minimum atomic E-state index is -2.45. The average Bonchev–Trinajstić information content (AvgIpc) is 2.85. The molecular weight excluding hydrogens is 504 g/mol. The van der Waals surface area contributed by atoms with Gasteiger partial charge < -0.3 is 44.8 Å². The lowest BCUT2D eigenvalue weighted by molar-refractivity contribution is -0.204. The molecule has 1 fully saturated rings. The van der Waals surface area contributed by atoms with E-state index >= 15 is 0 Å². The number of benzene rings is 2. The van der Waals surface area contributed by atoms with Gasteiger partial charge in [-0.25, -0.2) is 14.4 Å². The lowest BCUT2D eigenvalue weighted by Crippen LogP contribution is -2.58. The number of ether oxygens (including phenoxy) is 3. The van der Waals surface area contributed by atoms with Gasteiger partial charge in [0, 0.05) is 25.0 Å². The van der Waals surface area contributed by atoms with E-state index in [1.807, 2.05) is 0 Å². The summed E-state index contributed by atoms with van der Waals surface area (Å²) in [6.07, 6.45) is -1.63. The second-order valence-corrected chi connectivity index (χ2v) is 8.54. The van der Waals surface area contributed by atoms with Crippen LogP contribution in [-0.4, -0.2) is 79.6 Å². The van der Waals surface area contributed by atoms with Crippen molar-refractivity contribution in [1.82, 2.24) is 0 Å². The van der Waals surface area contributed by atoms with Gasteiger partial charge >= 0.3 is 17.9 Å². The number of esters is 2. The van der Waals surface area contributed by atoms with Crippen LogP contribution in [0.1, 0.15) is 24.0 Å². The molecule has 0 aliphatic heterocycles. The molecule has 0 amide bonds. The minimum Gasteiger partial charge on any atom is -0.504 e. The van der Waals surface area contributed by atoms with E-state index in [1.165, 1.54) is 49.6 Å². The Balaban J connectivity index is 1.75. The molecule has 4 atom stereocenters. The maximum absolute atomic E-state index is 12.5. The van der Waals surface area contributed by atoms with Crippen LogP contribution in [0.2, 0.25) is 0 Å². The molecule has 1 saturated carbocycles. The third-order valence-electron chi connectivity index (χ3n) is 5.78. The molecule has 2 aromatic rings. The Bertz CT molecular complexity index is 1270. The SMILES string of the molecule is COc1ccc(/C=C/C(=O)O[C@H]2[C@H](O)C[C@](O)(C(=O)O)C[C@H]2OC(=O)/C=C/c2ccc(O)c(O)c2)cc1O. The Labute approximate surface area is 216 Å². The molecule has 3 rings (SSSR count). The average molecular weight is 530 g/mol. The standard InChI is InChI=1S/C26H26O12/c1-36-20-7-3-15(11-18(20)29)5-9-23(32)38-24-19(30)12-26(35,25(33)34)13-21(24)37-22(31)8-4-14-2-6-16(27)17(28)10-14/h2-11,19,21,24,27-30,35H,12-13H2,1H3,(H,33,34)/b8-4+,9-5+/t19-,21-,24+,26-/m1/s1. The van der Waals surface area contributed by atoms with E-state index in [0.717, 1.165) is 12.2 Å². The van der Waals surface area contributed by atoms with Gasteiger partial charge in [0.2, 0.25) is 0 Å². The molecule has 12 nitrogen and oxygen atoms in total. The van der Waals surface area contributed by atoms with Gasteiger partial charge in [0.05, 0.1) is 13.2 Å². The molecule has 2 aromatic carbocycles. The van der Waals surface area contributed by atoms with Crippen LogP contribution in [0.4, 0.5) is 0 Å². The molecule has 38 heavy (non-hydrogen) atoms. The molecule has 0 radical (unpaired) electrons. The molecule has 1 aliphatic carbocycles. The molecule has 6 N–H and O–H groups in total. The van der Waals surface area contributed by atoms with Crippen LogP contribution in [0.15, 0.2) is 48.6 Å². The molecule has 0 unspecified atom stereocenters. The maximum Gasteiger partial charge on any atom is 0.335 e. The van der Waals surface area contributed by atoms with Crippen LogP contribution < -0.4 is 4.74 Å². The van der Waals surface area contributed by atoms with Gasteiger partial charge in [-0.2, -0.15) is 0 Å². The number of rotatable bonds is 8. The summed E-state index contributed by atoms with van der Waals surface area (Å²) in [5.41, 5.74) is -1.71. The summed E-state index contributed by atoms with van der Waals surface area (Å²) in [6, 6.07) is 8.12. The fourth-order valence-corrected chi connectivity index (χ4v) is 3.83. The van der Waals surface area contributed by atoms with Gasteiger partial charge in [-0.05, 0) is 47.5 Å². The first-order valence-electron chi connectivity index (χ1n) is 11.2. The largest absolute Gasteiger partial charge is 0.504 e. The third kappa shape index (κ3) is 6.81. The monoisotopic (exact) mass is 530 g/mol. The Morgan fingerprint density at radius 2 is 1.45 bits per heavy atom. The van der Waals surface area contributed by atoms with Crippen molar-refractivity contribution in [1.29, 1.82) is 0 Å². The van der Waals surface area contributed by atoms with E-state index in [4.69, 9.17) is 14.2 Å². The Morgan fingerprint density at radius 3 is 2.00 bits per heavy atom. The number of hydrogen-bond donors (Lipinski definition) is 6. The molecule has 0 spiro atoms. The van der Waals surface area contributed by atoms with E-state index in [1.54, 1.807) is 6.07 Å². The van der Waals surface area contributed by atoms with Gasteiger partial charge in [0.25, 0.3) is 0 Å². The van der Waals surface area contributed by atoms with E-state index in [9.17, 15) is 45.0 Å². The number of aliphatic hydroxyl groups is 2. The summed E-state index contributed by atoms with van der Waals surface area (Å²) in [4.78, 5) is 36.5. The van der Waals surface area contributed by atoms with Gasteiger partial charge in [0.1, 0.15) is 6.10 Å². The second kappa shape index (κ2) is 11.7. The van der Waals surface area contributed by atoms with Crippen molar-refractivity contribution in [2.75, 3.05) is 7.11 Å². The summed E-state index contributed by atoms with van der Waals surface area (Å²) in [5.74, 6) is -4.38. The summed E-state index contributed by atoms with van der Waals surface area (Å²) in [7, 11) is 1.38. The van der Waals surface area contributed by atoms with Crippen molar-refractivity contribution in [2.45, 2.75) is 36.8 Å². The second-order valence-electron chi connectivity index (χ2n) is 8.54. The van der Waals surface area contributed by atoms with Gasteiger partial charge in [-0.1, -0.05) is 12.1 Å². The number of carbonyl (C=O) groups is 3. The van der Waals surface area contributed by atoms with Crippen molar-refractivity contribution >= 4 is 30.1 Å². The third-order valence-corrected chi connectivity index (χ3v) is 5.78. The number of phenols is 3. The molecule has 0 heterocycles. The first-order chi connectivity index (χ1) is 17.9.